The van der Waals surface area contributed by atoms with E-state index in [9.17, 15) is 14.4 Å². The molecule has 0 unspecified atom stereocenters. The summed E-state index contributed by atoms with van der Waals surface area (Å²) in [6, 6.07) is 7.02. The van der Waals surface area contributed by atoms with Crippen molar-refractivity contribution in [2.45, 2.75) is 33.2 Å². The topological polar surface area (TPSA) is 91.0 Å². The van der Waals surface area contributed by atoms with Gasteiger partial charge in [-0.15, -0.1) is 0 Å². The zero-order valence-electron chi connectivity index (χ0n) is 17.7. The predicted molar refractivity (Wildman–Crippen MR) is 109 cm³/mol. The van der Waals surface area contributed by atoms with E-state index in [0.717, 1.165) is 0 Å². The lowest BCUT2D eigenvalue weighted by molar-refractivity contribution is -0.136. The Kier molecular flexibility index (Phi) is 8.91. The first-order chi connectivity index (χ1) is 13.0. The first-order valence-electron chi connectivity index (χ1n) is 9.25. The van der Waals surface area contributed by atoms with Gasteiger partial charge in [-0.2, -0.15) is 0 Å². The summed E-state index contributed by atoms with van der Waals surface area (Å²) in [7, 11) is 3.16. The first-order valence-corrected chi connectivity index (χ1v) is 9.25. The lowest BCUT2D eigenvalue weighted by atomic mass is 10.1. The van der Waals surface area contributed by atoms with Crippen molar-refractivity contribution in [2.24, 2.45) is 0 Å². The first kappa shape index (κ1) is 23.4. The van der Waals surface area contributed by atoms with Crippen LogP contribution in [0.25, 0.3) is 0 Å². The Morgan fingerprint density at radius 3 is 2.11 bits per heavy atom. The van der Waals surface area contributed by atoms with E-state index in [1.54, 1.807) is 43.3 Å². The number of nitrogens with zero attached hydrogens (tertiary/aromatic N) is 2. The molecule has 0 aliphatic heterocycles. The Labute approximate surface area is 167 Å². The van der Waals surface area contributed by atoms with Crippen molar-refractivity contribution in [3.63, 3.8) is 0 Å². The fourth-order valence-electron chi connectivity index (χ4n) is 2.43. The quantitative estimate of drug-likeness (QED) is 0.662. The number of carbonyl (C=O) groups is 3. The van der Waals surface area contributed by atoms with Crippen LogP contribution in [0.4, 0.5) is 5.69 Å². The lowest BCUT2D eigenvalue weighted by Crippen LogP contribution is -2.48. The summed E-state index contributed by atoms with van der Waals surface area (Å²) in [4.78, 5) is 39.7. The Morgan fingerprint density at radius 1 is 1.00 bits per heavy atom. The van der Waals surface area contributed by atoms with Crippen molar-refractivity contribution in [3.05, 3.63) is 24.3 Å². The van der Waals surface area contributed by atoms with Crippen LogP contribution in [0.15, 0.2) is 24.3 Å². The second kappa shape index (κ2) is 10.7. The molecule has 0 heterocycles. The van der Waals surface area contributed by atoms with Gasteiger partial charge in [0.15, 0.2) is 0 Å². The maximum Gasteiger partial charge on any atom is 0.240 e. The summed E-state index contributed by atoms with van der Waals surface area (Å²) < 4.78 is 5.08. The Morgan fingerprint density at radius 2 is 1.61 bits per heavy atom. The number of hydrogen-bond donors (Lipinski definition) is 2. The van der Waals surface area contributed by atoms with Crippen LogP contribution in [0, 0.1) is 0 Å². The molecule has 156 valence electrons. The highest BCUT2D eigenvalue weighted by molar-refractivity contribution is 5.93. The molecule has 8 heteroatoms. The number of hydrogen-bond acceptors (Lipinski definition) is 5. The van der Waals surface area contributed by atoms with Gasteiger partial charge in [-0.3, -0.25) is 19.3 Å². The molecule has 3 amide bonds. The zero-order valence-corrected chi connectivity index (χ0v) is 17.7. The fraction of sp³-hybridized carbons (Fsp3) is 0.550. The minimum absolute atomic E-state index is 0.0221. The number of methoxy groups -OCH3 is 1. The molecule has 0 saturated heterocycles. The van der Waals surface area contributed by atoms with Crippen LogP contribution in [-0.2, 0) is 14.4 Å². The van der Waals surface area contributed by atoms with Gasteiger partial charge in [0.2, 0.25) is 17.7 Å². The number of anilines is 1. The van der Waals surface area contributed by atoms with E-state index in [-0.39, 0.29) is 42.9 Å². The van der Waals surface area contributed by atoms with Gasteiger partial charge >= 0.3 is 0 Å². The Hall–Kier alpha value is -2.61. The van der Waals surface area contributed by atoms with Crippen LogP contribution >= 0.6 is 0 Å². The summed E-state index contributed by atoms with van der Waals surface area (Å²) in [5.74, 6) is 0.0528. The number of nitrogens with one attached hydrogen (secondary N) is 2. The minimum Gasteiger partial charge on any atom is -0.497 e. The molecule has 2 N–H and O–H groups in total. The SMILES string of the molecule is CCN(CC(=O)Nc1ccc(OC)cc1)CC(=O)N(C)CC(=O)NC(C)(C)C. The number of carbonyl (C=O) groups excluding carboxylic acids is 3. The van der Waals surface area contributed by atoms with Crippen molar-refractivity contribution in [1.82, 2.24) is 15.1 Å². The molecule has 28 heavy (non-hydrogen) atoms. The monoisotopic (exact) mass is 392 g/mol. The van der Waals surface area contributed by atoms with Gasteiger partial charge in [-0.05, 0) is 51.6 Å². The number of benzene rings is 1. The van der Waals surface area contributed by atoms with Gasteiger partial charge in [-0.1, -0.05) is 6.92 Å². The van der Waals surface area contributed by atoms with Crippen LogP contribution < -0.4 is 15.4 Å². The zero-order chi connectivity index (χ0) is 21.3. The molecule has 0 aromatic heterocycles. The van der Waals surface area contributed by atoms with E-state index < -0.39 is 0 Å². The third-order valence-corrected chi connectivity index (χ3v) is 3.87. The van der Waals surface area contributed by atoms with Crippen molar-refractivity contribution < 1.29 is 19.1 Å². The molecule has 0 spiro atoms. The molecule has 0 radical (unpaired) electrons. The van der Waals surface area contributed by atoms with Crippen molar-refractivity contribution >= 4 is 23.4 Å². The van der Waals surface area contributed by atoms with E-state index in [2.05, 4.69) is 10.6 Å². The molecule has 0 aliphatic carbocycles. The maximum atomic E-state index is 12.4. The second-order valence-corrected chi connectivity index (χ2v) is 7.63. The molecule has 0 bridgehead atoms. The van der Waals surface area contributed by atoms with E-state index in [1.807, 2.05) is 27.7 Å². The largest absolute Gasteiger partial charge is 0.497 e. The Balaban J connectivity index is 2.51. The van der Waals surface area contributed by atoms with Crippen LogP contribution in [-0.4, -0.2) is 73.4 Å². The third kappa shape index (κ3) is 8.85. The summed E-state index contributed by atoms with van der Waals surface area (Å²) in [5, 5.41) is 5.61. The fourth-order valence-corrected chi connectivity index (χ4v) is 2.43. The molecule has 0 aliphatic rings. The molecule has 1 rings (SSSR count). The Bertz CT molecular complexity index is 668. The highest BCUT2D eigenvalue weighted by Crippen LogP contribution is 2.14. The van der Waals surface area contributed by atoms with E-state index in [0.29, 0.717) is 18.0 Å². The smallest absolute Gasteiger partial charge is 0.240 e. The van der Waals surface area contributed by atoms with Crippen molar-refractivity contribution in [3.8, 4) is 5.75 Å². The summed E-state index contributed by atoms with van der Waals surface area (Å²) >= 11 is 0. The summed E-state index contributed by atoms with van der Waals surface area (Å²) in [6.07, 6.45) is 0. The molecule has 0 atom stereocenters. The number of rotatable bonds is 9. The average Bonchev–Trinajstić information content (AvgIpc) is 2.59. The normalized spacial score (nSPS) is 11.1. The predicted octanol–water partition coefficient (Wildman–Crippen LogP) is 1.33. The summed E-state index contributed by atoms with van der Waals surface area (Å²) in [6.45, 7) is 8.17. The minimum atomic E-state index is -0.351. The van der Waals surface area contributed by atoms with Crippen molar-refractivity contribution in [2.75, 3.05) is 45.7 Å². The maximum absolute atomic E-state index is 12.4. The molecule has 1 aromatic carbocycles. The molecular formula is C20H32N4O4. The van der Waals surface area contributed by atoms with Crippen LogP contribution in [0.3, 0.4) is 0 Å². The van der Waals surface area contributed by atoms with Gasteiger partial charge in [0, 0.05) is 18.3 Å². The highest BCUT2D eigenvalue weighted by Gasteiger charge is 2.20. The molecule has 0 fully saturated rings. The number of amides is 3. The molecule has 0 saturated carbocycles. The van der Waals surface area contributed by atoms with Gasteiger partial charge in [0.05, 0.1) is 26.7 Å². The number of likely N-dealkylation sites (N-methyl/N-ethyl adjacent to an activating group) is 2. The molecule has 1 aromatic rings. The summed E-state index contributed by atoms with van der Waals surface area (Å²) in [5.41, 5.74) is 0.305. The van der Waals surface area contributed by atoms with Gasteiger partial charge < -0.3 is 20.3 Å². The van der Waals surface area contributed by atoms with Crippen molar-refractivity contribution in [1.29, 1.82) is 0 Å². The third-order valence-electron chi connectivity index (χ3n) is 3.87. The standard InChI is InChI=1S/C20H32N4O4/c1-7-24(13-17(25)21-15-8-10-16(28-6)11-9-15)14-19(27)23(5)12-18(26)22-20(2,3)4/h8-11H,7,12-14H2,1-6H3,(H,21,25)(H,22,26). The van der Waals surface area contributed by atoms with Gasteiger partial charge in [0.1, 0.15) is 5.75 Å². The van der Waals surface area contributed by atoms with Gasteiger partial charge in [0.25, 0.3) is 0 Å². The van der Waals surface area contributed by atoms with Crippen LogP contribution in [0.1, 0.15) is 27.7 Å². The van der Waals surface area contributed by atoms with E-state index >= 15 is 0 Å². The molecular weight excluding hydrogens is 360 g/mol. The van der Waals surface area contributed by atoms with E-state index in [1.165, 1.54) is 4.90 Å². The van der Waals surface area contributed by atoms with Gasteiger partial charge in [-0.25, -0.2) is 0 Å². The number of ether oxygens (including phenoxy) is 1. The average molecular weight is 393 g/mol. The van der Waals surface area contributed by atoms with Crippen LogP contribution in [0.5, 0.6) is 5.75 Å². The van der Waals surface area contributed by atoms with E-state index in [4.69, 9.17) is 4.74 Å². The van der Waals surface area contributed by atoms with Crippen LogP contribution in [0.2, 0.25) is 0 Å². The highest BCUT2D eigenvalue weighted by atomic mass is 16.5. The molecule has 8 nitrogen and oxygen atoms in total. The lowest BCUT2D eigenvalue weighted by Gasteiger charge is -2.25. The second-order valence-electron chi connectivity index (χ2n) is 7.63.